The molecule has 2 nitrogen and oxygen atoms in total. The van der Waals surface area contributed by atoms with Gasteiger partial charge in [0, 0.05) is 33.1 Å². The molecular weight excluding hydrogens is 631 g/mol. The summed E-state index contributed by atoms with van der Waals surface area (Å²) in [4.78, 5) is 1.89. The van der Waals surface area contributed by atoms with E-state index in [2.05, 4.69) is 72.8 Å². The fraction of sp³-hybridized carbons (Fsp3) is 0.0400. The van der Waals surface area contributed by atoms with Crippen molar-refractivity contribution in [2.45, 2.75) is 12.8 Å². The molecule has 0 saturated heterocycles. The number of para-hydroxylation sites is 1. The zero-order valence-electron chi connectivity index (χ0n) is 32.4. The maximum absolute atomic E-state index is 9.50. The zero-order chi connectivity index (χ0) is 37.9. The van der Waals surface area contributed by atoms with Crippen LogP contribution in [0.25, 0.3) is 72.2 Å². The van der Waals surface area contributed by atoms with E-state index in [0.717, 1.165) is 79.2 Å². The largest absolute Gasteiger partial charge is 0.455 e. The molecule has 0 aliphatic heterocycles. The van der Waals surface area contributed by atoms with Gasteiger partial charge in [-0.15, -0.1) is 0 Å². The van der Waals surface area contributed by atoms with Crippen molar-refractivity contribution >= 4 is 55.8 Å². The lowest BCUT2D eigenvalue weighted by molar-refractivity contribution is 0.672. The Balaban J connectivity index is 1.18. The van der Waals surface area contributed by atoms with Gasteiger partial charge < -0.3 is 9.32 Å². The molecule has 0 unspecified atom stereocenters. The lowest BCUT2D eigenvalue weighted by Crippen LogP contribution is -2.11. The van der Waals surface area contributed by atoms with Gasteiger partial charge in [-0.2, -0.15) is 0 Å². The zero-order valence-corrected chi connectivity index (χ0v) is 28.4. The summed E-state index contributed by atoms with van der Waals surface area (Å²) in [6.45, 7) is 0. The van der Waals surface area contributed by atoms with Gasteiger partial charge in [0.15, 0.2) is 0 Å². The van der Waals surface area contributed by atoms with Crippen molar-refractivity contribution in [1.29, 1.82) is 0 Å². The lowest BCUT2D eigenvalue weighted by atomic mass is 9.90. The summed E-state index contributed by atoms with van der Waals surface area (Å²) >= 11 is 0. The topological polar surface area (TPSA) is 16.4 Å². The molecule has 1 aromatic heterocycles. The molecule has 1 heterocycles. The van der Waals surface area contributed by atoms with Crippen LogP contribution in [0, 0.1) is 0 Å². The highest BCUT2D eigenvalue weighted by molar-refractivity contribution is 6.15. The summed E-state index contributed by atoms with van der Waals surface area (Å²) in [7, 11) is 0. The monoisotopic (exact) mass is 669 g/mol. The Kier molecular flexibility index (Phi) is 6.35. The number of fused-ring (bicyclic) bond motifs is 6. The highest BCUT2D eigenvalue weighted by Gasteiger charge is 2.19. The fourth-order valence-electron chi connectivity index (χ4n) is 7.65. The van der Waals surface area contributed by atoms with Crippen LogP contribution in [-0.2, 0) is 6.42 Å². The van der Waals surface area contributed by atoms with Gasteiger partial charge in [-0.25, -0.2) is 0 Å². The first kappa shape index (κ1) is 26.2. The van der Waals surface area contributed by atoms with Gasteiger partial charge in [0.2, 0.25) is 0 Å². The maximum Gasteiger partial charge on any atom is 0.143 e. The first-order valence-electron chi connectivity index (χ1n) is 19.7. The van der Waals surface area contributed by atoms with Crippen molar-refractivity contribution in [3.63, 3.8) is 0 Å². The van der Waals surface area contributed by atoms with Crippen LogP contribution in [0.1, 0.15) is 23.0 Å². The number of hydrogen-bond donors (Lipinski definition) is 0. The molecule has 0 atom stereocenters. The van der Waals surface area contributed by atoms with Gasteiger partial charge in [-0.1, -0.05) is 139 Å². The predicted molar refractivity (Wildman–Crippen MR) is 220 cm³/mol. The van der Waals surface area contributed by atoms with E-state index < -0.39 is 0 Å². The van der Waals surface area contributed by atoms with E-state index in [0.29, 0.717) is 5.56 Å². The van der Waals surface area contributed by atoms with E-state index >= 15 is 0 Å². The summed E-state index contributed by atoms with van der Waals surface area (Å²) in [6.07, 6.45) is 6.49. The van der Waals surface area contributed by atoms with Gasteiger partial charge in [0.25, 0.3) is 0 Å². The molecule has 0 radical (unpaired) electrons. The van der Waals surface area contributed by atoms with Crippen LogP contribution in [0.5, 0.6) is 0 Å². The number of furan rings is 1. The number of aryl methyl sites for hydroxylation is 1. The second kappa shape index (κ2) is 12.6. The van der Waals surface area contributed by atoms with Crippen molar-refractivity contribution < 1.29 is 9.90 Å². The molecule has 0 saturated carbocycles. The predicted octanol–water partition coefficient (Wildman–Crippen LogP) is 14.2. The number of benzene rings is 8. The number of rotatable bonds is 6. The number of allylic oxidation sites excluding steroid dienone is 1. The maximum atomic E-state index is 9.50. The van der Waals surface area contributed by atoms with E-state index in [1.54, 1.807) is 0 Å². The molecule has 52 heavy (non-hydrogen) atoms. The van der Waals surface area contributed by atoms with Gasteiger partial charge >= 0.3 is 0 Å². The van der Waals surface area contributed by atoms with Gasteiger partial charge in [-0.3, -0.25) is 0 Å². The molecule has 0 fully saturated rings. The molecule has 0 spiro atoms. The third-order valence-electron chi connectivity index (χ3n) is 10.2. The van der Waals surface area contributed by atoms with Crippen LogP contribution in [-0.4, -0.2) is 0 Å². The Hall–Kier alpha value is -6.64. The van der Waals surface area contributed by atoms with Crippen LogP contribution in [0.4, 0.5) is 17.1 Å². The molecule has 8 aromatic carbocycles. The second-order valence-corrected chi connectivity index (χ2v) is 13.3. The van der Waals surface area contributed by atoms with Crippen LogP contribution >= 0.6 is 0 Å². The Morgan fingerprint density at radius 2 is 1.29 bits per heavy atom. The Labute approximate surface area is 309 Å². The molecule has 0 amide bonds. The number of hydrogen-bond acceptors (Lipinski definition) is 2. The van der Waals surface area contributed by atoms with Crippen molar-refractivity contribution in [2.75, 3.05) is 4.90 Å². The van der Waals surface area contributed by atoms with Gasteiger partial charge in [-0.05, 0) is 106 Å². The van der Waals surface area contributed by atoms with Gasteiger partial charge in [0.05, 0.1) is 11.2 Å². The molecule has 0 bridgehead atoms. The average Bonchev–Trinajstić information content (AvgIpc) is 3.63. The molecule has 1 aliphatic carbocycles. The van der Waals surface area contributed by atoms with E-state index in [1.165, 1.54) is 11.1 Å². The van der Waals surface area contributed by atoms with Crippen molar-refractivity contribution in [3.8, 4) is 33.4 Å². The number of anilines is 3. The Morgan fingerprint density at radius 1 is 0.519 bits per heavy atom. The van der Waals surface area contributed by atoms with Crippen LogP contribution in [0.2, 0.25) is 0 Å². The normalized spacial score (nSPS) is 13.5. The van der Waals surface area contributed by atoms with E-state index in [4.69, 9.17) is 4.42 Å². The summed E-state index contributed by atoms with van der Waals surface area (Å²) in [5.41, 5.74) is 10.8. The second-order valence-electron chi connectivity index (χ2n) is 13.3. The minimum absolute atomic E-state index is 0.0903. The van der Waals surface area contributed by atoms with Crippen molar-refractivity contribution in [1.82, 2.24) is 0 Å². The van der Waals surface area contributed by atoms with Gasteiger partial charge in [0.1, 0.15) is 11.2 Å². The Morgan fingerprint density at radius 3 is 2.17 bits per heavy atom. The van der Waals surface area contributed by atoms with E-state index in [1.807, 2.05) is 95.9 Å². The highest BCUT2D eigenvalue weighted by atomic mass is 16.3. The standard InChI is InChI=1S/C50H35NO/c1-2-11-34(12-3-1)35-21-27-40(28-22-35)51(41-29-23-38(24-30-41)43-19-10-15-36-13-4-6-16-42(36)43)48-20-9-8-17-44(48)39-26-32-49-47(33-39)46-31-25-37-14-5-7-18-45(37)50(46)52-49/h1-3,5-12,14-33H,4,13H2/i21D,22D,27D,28D. The minimum Gasteiger partial charge on any atom is -0.455 e. The van der Waals surface area contributed by atoms with E-state index in [-0.39, 0.29) is 35.4 Å². The Bertz CT molecular complexity index is 2990. The highest BCUT2D eigenvalue weighted by Crippen LogP contribution is 2.44. The van der Waals surface area contributed by atoms with Crippen molar-refractivity contribution in [2.24, 2.45) is 0 Å². The molecule has 9 aromatic rings. The quantitative estimate of drug-likeness (QED) is 0.175. The summed E-state index contributed by atoms with van der Waals surface area (Å²) in [6, 6.07) is 50.2. The first-order chi connectivity index (χ1) is 27.5. The van der Waals surface area contributed by atoms with E-state index in [9.17, 15) is 5.48 Å². The minimum atomic E-state index is -0.117. The van der Waals surface area contributed by atoms with Crippen molar-refractivity contribution in [3.05, 3.63) is 193 Å². The lowest BCUT2D eigenvalue weighted by Gasteiger charge is -2.28. The molecule has 0 N–H and O–H groups in total. The molecular formula is C50H35NO. The molecule has 2 heteroatoms. The molecule has 1 aliphatic rings. The fourth-order valence-corrected chi connectivity index (χ4v) is 7.65. The third kappa shape index (κ3) is 5.20. The summed E-state index contributed by atoms with van der Waals surface area (Å²) < 4.78 is 44.0. The third-order valence-corrected chi connectivity index (χ3v) is 10.2. The summed E-state index contributed by atoms with van der Waals surface area (Å²) in [5, 5.41) is 4.20. The average molecular weight is 670 g/mol. The SMILES string of the molecule is [2H]c1c([2H])c(N(c2ccc(-c3cccc4c3C=CCC4)cc2)c2ccccc2-c2ccc3oc4c5ccccc5ccc4c3c2)c([2H])c([2H])c1-c1ccccc1. The van der Waals surface area contributed by atoms with Crippen LogP contribution < -0.4 is 4.90 Å². The molecule has 246 valence electrons. The van der Waals surface area contributed by atoms with Crippen LogP contribution in [0.15, 0.2) is 186 Å². The van der Waals surface area contributed by atoms with Crippen LogP contribution in [0.3, 0.4) is 0 Å². The molecule has 10 rings (SSSR count). The summed E-state index contributed by atoms with van der Waals surface area (Å²) in [5.74, 6) is 0. The number of nitrogens with zero attached hydrogens (tertiary/aromatic N) is 1. The first-order valence-corrected chi connectivity index (χ1v) is 17.7. The smallest absolute Gasteiger partial charge is 0.143 e.